The minimum Gasteiger partial charge on any atom is -0.506 e. The van der Waals surface area contributed by atoms with Gasteiger partial charge in [-0.15, -0.1) is 0 Å². The Hall–Kier alpha value is -1.46. The first-order valence-corrected chi connectivity index (χ1v) is 8.66. The van der Waals surface area contributed by atoms with Gasteiger partial charge in [-0.1, -0.05) is 6.07 Å². The molecular weight excluding hydrogens is 292 g/mol. The molecule has 0 saturated carbocycles. The summed E-state index contributed by atoms with van der Waals surface area (Å²) in [5.74, 6) is 0.245. The van der Waals surface area contributed by atoms with Gasteiger partial charge in [-0.3, -0.25) is 0 Å². The van der Waals surface area contributed by atoms with E-state index in [1.807, 2.05) is 19.1 Å². The van der Waals surface area contributed by atoms with E-state index in [0.717, 1.165) is 63.0 Å². The van der Waals surface area contributed by atoms with Crippen LogP contribution in [0.4, 0.5) is 11.4 Å². The van der Waals surface area contributed by atoms with Gasteiger partial charge in [0.25, 0.3) is 0 Å². The van der Waals surface area contributed by atoms with Crippen LogP contribution in [0.15, 0.2) is 18.2 Å². The van der Waals surface area contributed by atoms with Crippen LogP contribution in [-0.2, 0) is 0 Å². The molecule has 23 heavy (non-hydrogen) atoms. The predicted molar refractivity (Wildman–Crippen MR) is 96.1 cm³/mol. The van der Waals surface area contributed by atoms with E-state index in [1.54, 1.807) is 13.0 Å². The molecule has 0 aromatic heterocycles. The lowest BCUT2D eigenvalue weighted by molar-refractivity contribution is 0.180. The number of phenolic OH excluding ortho intramolecular Hbond substituents is 1. The molecule has 1 aromatic carbocycles. The number of rotatable bonds is 12. The van der Waals surface area contributed by atoms with Crippen molar-refractivity contribution in [1.29, 1.82) is 0 Å². The van der Waals surface area contributed by atoms with E-state index in [1.165, 1.54) is 0 Å². The minimum atomic E-state index is -0.251. The van der Waals surface area contributed by atoms with E-state index in [-0.39, 0.29) is 18.0 Å². The second-order valence-corrected chi connectivity index (χ2v) is 6.24. The molecule has 2 unspecified atom stereocenters. The Kier molecular flexibility index (Phi) is 9.48. The fourth-order valence-corrected chi connectivity index (χ4v) is 2.44. The lowest BCUT2D eigenvalue weighted by Gasteiger charge is -2.15. The number of aromatic hydroxyl groups is 1. The highest BCUT2D eigenvalue weighted by molar-refractivity contribution is 5.75. The van der Waals surface area contributed by atoms with E-state index in [9.17, 15) is 15.3 Å². The molecular formula is C18H32N2O3. The van der Waals surface area contributed by atoms with Crippen LogP contribution in [-0.4, -0.2) is 40.6 Å². The average Bonchev–Trinajstić information content (AvgIpc) is 2.48. The third-order valence-corrected chi connectivity index (χ3v) is 3.76. The lowest BCUT2D eigenvalue weighted by Crippen LogP contribution is -2.09. The number of aliphatic hydroxyl groups is 2. The summed E-state index contributed by atoms with van der Waals surface area (Å²) in [6.07, 6.45) is 4.99. The summed E-state index contributed by atoms with van der Waals surface area (Å²) in [6.45, 7) is 5.19. The van der Waals surface area contributed by atoms with Gasteiger partial charge in [0.05, 0.1) is 17.9 Å². The van der Waals surface area contributed by atoms with Crippen molar-refractivity contribution in [1.82, 2.24) is 0 Å². The van der Waals surface area contributed by atoms with E-state index in [2.05, 4.69) is 10.6 Å². The molecule has 1 rings (SSSR count). The molecule has 132 valence electrons. The van der Waals surface area contributed by atoms with Crippen molar-refractivity contribution < 1.29 is 15.3 Å². The monoisotopic (exact) mass is 324 g/mol. The van der Waals surface area contributed by atoms with Crippen LogP contribution in [0.5, 0.6) is 5.75 Å². The molecule has 0 aliphatic carbocycles. The smallest absolute Gasteiger partial charge is 0.140 e. The highest BCUT2D eigenvalue weighted by atomic mass is 16.3. The summed E-state index contributed by atoms with van der Waals surface area (Å²) in [7, 11) is 0. The first-order chi connectivity index (χ1) is 11.0. The number of phenols is 1. The summed E-state index contributed by atoms with van der Waals surface area (Å²) < 4.78 is 0. The Labute approximate surface area is 139 Å². The van der Waals surface area contributed by atoms with Crippen molar-refractivity contribution >= 4 is 11.4 Å². The van der Waals surface area contributed by atoms with E-state index >= 15 is 0 Å². The Balaban J connectivity index is 2.39. The highest BCUT2D eigenvalue weighted by Crippen LogP contribution is 2.31. The molecule has 0 fully saturated rings. The summed E-state index contributed by atoms with van der Waals surface area (Å²) in [5.41, 5.74) is 1.64. The van der Waals surface area contributed by atoms with Gasteiger partial charge >= 0.3 is 0 Å². The largest absolute Gasteiger partial charge is 0.506 e. The molecule has 0 amide bonds. The van der Waals surface area contributed by atoms with E-state index < -0.39 is 0 Å². The number of unbranched alkanes of at least 4 members (excludes halogenated alkanes) is 2. The zero-order valence-electron chi connectivity index (χ0n) is 14.4. The zero-order valence-corrected chi connectivity index (χ0v) is 14.4. The van der Waals surface area contributed by atoms with E-state index in [4.69, 9.17) is 0 Å². The van der Waals surface area contributed by atoms with Crippen molar-refractivity contribution in [2.24, 2.45) is 0 Å². The third-order valence-electron chi connectivity index (χ3n) is 3.76. The van der Waals surface area contributed by atoms with Gasteiger partial charge in [0.1, 0.15) is 11.4 Å². The van der Waals surface area contributed by atoms with Gasteiger partial charge in [0.2, 0.25) is 0 Å². The fourth-order valence-electron chi connectivity index (χ4n) is 2.44. The summed E-state index contributed by atoms with van der Waals surface area (Å²) in [5, 5.41) is 35.2. The number of hydrogen-bond donors (Lipinski definition) is 5. The van der Waals surface area contributed by atoms with Crippen LogP contribution >= 0.6 is 0 Å². The molecule has 5 nitrogen and oxygen atoms in total. The molecule has 2 atom stereocenters. The van der Waals surface area contributed by atoms with Crippen molar-refractivity contribution in [3.8, 4) is 5.75 Å². The van der Waals surface area contributed by atoms with Crippen LogP contribution in [0.2, 0.25) is 0 Å². The first kappa shape index (κ1) is 19.6. The maximum absolute atomic E-state index is 10.0. The molecule has 0 saturated heterocycles. The first-order valence-electron chi connectivity index (χ1n) is 8.66. The Morgan fingerprint density at radius 1 is 0.870 bits per heavy atom. The minimum absolute atomic E-state index is 0.241. The molecule has 5 heteroatoms. The van der Waals surface area contributed by atoms with Gasteiger partial charge in [0, 0.05) is 13.1 Å². The van der Waals surface area contributed by atoms with E-state index in [0.29, 0.717) is 0 Å². The number of nitrogens with one attached hydrogen (secondary N) is 2. The standard InChI is InChI=1S/C18H32N2O3/c1-14(21)8-3-5-12-19-16-10-7-11-17(23)18(16)20-13-6-4-9-15(2)22/h7,10-11,14-15,19-23H,3-6,8-9,12-13H2,1-2H3. The molecule has 5 N–H and O–H groups in total. The number of para-hydroxylation sites is 1. The molecule has 0 heterocycles. The van der Waals surface area contributed by atoms with Crippen molar-refractivity contribution in [3.63, 3.8) is 0 Å². The fraction of sp³-hybridized carbons (Fsp3) is 0.667. The third kappa shape index (κ3) is 8.67. The SMILES string of the molecule is CC(O)CCCCNc1cccc(O)c1NCCCCC(C)O. The quantitative estimate of drug-likeness (QED) is 0.301. The Morgan fingerprint density at radius 3 is 2.00 bits per heavy atom. The summed E-state index contributed by atoms with van der Waals surface area (Å²) >= 11 is 0. The molecule has 0 spiro atoms. The van der Waals surface area contributed by atoms with Crippen LogP contribution in [0.25, 0.3) is 0 Å². The zero-order chi connectivity index (χ0) is 17.1. The van der Waals surface area contributed by atoms with Gasteiger partial charge in [-0.2, -0.15) is 0 Å². The topological polar surface area (TPSA) is 84.8 Å². The molecule has 0 aliphatic heterocycles. The Bertz CT molecular complexity index is 436. The van der Waals surface area contributed by atoms with Gasteiger partial charge in [-0.05, 0) is 64.5 Å². The Morgan fingerprint density at radius 2 is 1.43 bits per heavy atom. The van der Waals surface area contributed by atoms with Crippen LogP contribution in [0.1, 0.15) is 52.4 Å². The number of benzene rings is 1. The number of aliphatic hydroxyl groups excluding tert-OH is 2. The normalized spacial score (nSPS) is 13.6. The maximum atomic E-state index is 10.0. The summed E-state index contributed by atoms with van der Waals surface area (Å²) in [4.78, 5) is 0. The van der Waals surface area contributed by atoms with Gasteiger partial charge in [0.15, 0.2) is 0 Å². The molecule has 0 aliphatic rings. The molecule has 0 bridgehead atoms. The number of anilines is 2. The second kappa shape index (κ2) is 11.1. The summed E-state index contributed by atoms with van der Waals surface area (Å²) in [6, 6.07) is 5.45. The van der Waals surface area contributed by atoms with Crippen molar-refractivity contribution in [2.45, 2.75) is 64.6 Å². The highest BCUT2D eigenvalue weighted by Gasteiger charge is 2.07. The van der Waals surface area contributed by atoms with Gasteiger partial charge in [-0.25, -0.2) is 0 Å². The van der Waals surface area contributed by atoms with Crippen molar-refractivity contribution in [3.05, 3.63) is 18.2 Å². The average molecular weight is 324 g/mol. The van der Waals surface area contributed by atoms with Crippen LogP contribution in [0, 0.1) is 0 Å². The number of hydrogen-bond acceptors (Lipinski definition) is 5. The molecule has 0 radical (unpaired) electrons. The second-order valence-electron chi connectivity index (χ2n) is 6.24. The van der Waals surface area contributed by atoms with Crippen LogP contribution < -0.4 is 10.6 Å². The van der Waals surface area contributed by atoms with Gasteiger partial charge < -0.3 is 26.0 Å². The lowest BCUT2D eigenvalue weighted by atomic mass is 10.1. The predicted octanol–water partition coefficient (Wildman–Crippen LogP) is 3.32. The maximum Gasteiger partial charge on any atom is 0.140 e. The molecule has 1 aromatic rings. The van der Waals surface area contributed by atoms with Crippen LogP contribution in [0.3, 0.4) is 0 Å². The van der Waals surface area contributed by atoms with Crippen molar-refractivity contribution in [2.75, 3.05) is 23.7 Å².